The molecule has 1 aromatic carbocycles. The molecule has 1 aliphatic carbocycles. The van der Waals surface area contributed by atoms with Gasteiger partial charge in [0.05, 0.1) is 12.1 Å². The monoisotopic (exact) mass is 371 g/mol. The lowest BCUT2D eigenvalue weighted by Crippen LogP contribution is -2.40. The van der Waals surface area contributed by atoms with Crippen molar-refractivity contribution in [2.24, 2.45) is 0 Å². The maximum absolute atomic E-state index is 13.5. The van der Waals surface area contributed by atoms with E-state index in [4.69, 9.17) is 0 Å². The number of aryl methyl sites for hydroxylation is 1. The van der Waals surface area contributed by atoms with Gasteiger partial charge in [0.25, 0.3) is 17.4 Å². The molecule has 3 rings (SSSR count). The third-order valence-electron chi connectivity index (χ3n) is 4.84. The molecule has 1 fully saturated rings. The predicted molar refractivity (Wildman–Crippen MR) is 99.4 cm³/mol. The molecule has 2 aromatic rings. The Morgan fingerprint density at radius 3 is 2.56 bits per heavy atom. The lowest BCUT2D eigenvalue weighted by Gasteiger charge is -2.26. The van der Waals surface area contributed by atoms with Gasteiger partial charge in [-0.15, -0.1) is 0 Å². The summed E-state index contributed by atoms with van der Waals surface area (Å²) in [6.07, 6.45) is 4.39. The smallest absolute Gasteiger partial charge is 0.263 e. The number of hydrogen-bond donors (Lipinski definition) is 2. The lowest BCUT2D eigenvalue weighted by atomic mass is 9.93. The van der Waals surface area contributed by atoms with Gasteiger partial charge in [-0.1, -0.05) is 12.1 Å². The van der Waals surface area contributed by atoms with Crippen LogP contribution in [0.15, 0.2) is 35.3 Å². The molecule has 0 unspecified atom stereocenters. The summed E-state index contributed by atoms with van der Waals surface area (Å²) in [6, 6.07) is 6.02. The molecule has 27 heavy (non-hydrogen) atoms. The zero-order valence-electron chi connectivity index (χ0n) is 15.3. The maximum atomic E-state index is 13.5. The minimum Gasteiger partial charge on any atom is -0.355 e. The zero-order chi connectivity index (χ0) is 19.6. The molecular weight excluding hydrogens is 349 g/mol. The number of nitrogens with one attached hydrogen (secondary N) is 2. The van der Waals surface area contributed by atoms with Crippen LogP contribution >= 0.6 is 0 Å². The first kappa shape index (κ1) is 18.8. The van der Waals surface area contributed by atoms with Crippen LogP contribution in [0, 0.1) is 12.7 Å². The number of benzene rings is 1. The van der Waals surface area contributed by atoms with Gasteiger partial charge in [-0.3, -0.25) is 14.4 Å². The summed E-state index contributed by atoms with van der Waals surface area (Å²) < 4.78 is 14.8. The SMILES string of the molecule is CNC(=O)c1cc(C(=O)NC2CCC2)cn(Cc2ccc(F)c(C)c2)c1=O. The van der Waals surface area contributed by atoms with Crippen LogP contribution in [0.4, 0.5) is 4.39 Å². The molecule has 7 heteroatoms. The summed E-state index contributed by atoms with van der Waals surface area (Å²) in [7, 11) is 1.43. The highest BCUT2D eigenvalue weighted by molar-refractivity contribution is 5.99. The fourth-order valence-corrected chi connectivity index (χ4v) is 3.00. The first-order valence-electron chi connectivity index (χ1n) is 8.91. The van der Waals surface area contributed by atoms with E-state index in [1.54, 1.807) is 19.1 Å². The normalized spacial score (nSPS) is 13.7. The fraction of sp³-hybridized carbons (Fsp3) is 0.350. The highest BCUT2D eigenvalue weighted by Crippen LogP contribution is 2.18. The molecule has 0 aliphatic heterocycles. The Morgan fingerprint density at radius 2 is 1.96 bits per heavy atom. The van der Waals surface area contributed by atoms with Crippen molar-refractivity contribution < 1.29 is 14.0 Å². The van der Waals surface area contributed by atoms with Crippen molar-refractivity contribution in [1.82, 2.24) is 15.2 Å². The highest BCUT2D eigenvalue weighted by Gasteiger charge is 2.22. The van der Waals surface area contributed by atoms with Crippen molar-refractivity contribution in [3.05, 3.63) is 68.9 Å². The molecule has 142 valence electrons. The van der Waals surface area contributed by atoms with E-state index in [0.717, 1.165) is 19.3 Å². The van der Waals surface area contributed by atoms with Crippen LogP contribution in [0.1, 0.15) is 51.1 Å². The summed E-state index contributed by atoms with van der Waals surface area (Å²) in [5.41, 5.74) is 0.814. The average molecular weight is 371 g/mol. The molecule has 0 atom stereocenters. The standard InChI is InChI=1S/C20H22FN3O3/c1-12-8-13(6-7-17(12)21)10-24-11-14(18(25)23-15-4-3-5-15)9-16(20(24)27)19(26)22-2/h6-9,11,15H,3-5,10H2,1-2H3,(H,22,26)(H,23,25). The van der Waals surface area contributed by atoms with Crippen molar-refractivity contribution in [2.45, 2.75) is 38.8 Å². The van der Waals surface area contributed by atoms with Gasteiger partial charge in [0.1, 0.15) is 11.4 Å². The Kier molecular flexibility index (Phi) is 5.39. The van der Waals surface area contributed by atoms with E-state index < -0.39 is 11.5 Å². The first-order chi connectivity index (χ1) is 12.9. The first-order valence-corrected chi connectivity index (χ1v) is 8.91. The minimum atomic E-state index is -0.553. The van der Waals surface area contributed by atoms with Crippen LogP contribution in [-0.2, 0) is 6.54 Å². The summed E-state index contributed by atoms with van der Waals surface area (Å²) in [6.45, 7) is 1.77. The maximum Gasteiger partial charge on any atom is 0.263 e. The number of aromatic nitrogens is 1. The molecule has 0 spiro atoms. The molecule has 6 nitrogen and oxygen atoms in total. The second kappa shape index (κ2) is 7.73. The van der Waals surface area contributed by atoms with Crippen LogP contribution in [0.5, 0.6) is 0 Å². The largest absolute Gasteiger partial charge is 0.355 e. The van der Waals surface area contributed by atoms with Gasteiger partial charge in [0.2, 0.25) is 0 Å². The van der Waals surface area contributed by atoms with Crippen molar-refractivity contribution in [1.29, 1.82) is 0 Å². The Labute approximate surface area is 156 Å². The second-order valence-electron chi connectivity index (χ2n) is 6.84. The molecule has 2 amide bonds. The number of halogens is 1. The number of nitrogens with zero attached hydrogens (tertiary/aromatic N) is 1. The van der Waals surface area contributed by atoms with E-state index in [1.165, 1.54) is 29.9 Å². The Bertz CT molecular complexity index is 948. The lowest BCUT2D eigenvalue weighted by molar-refractivity contribution is 0.0916. The van der Waals surface area contributed by atoms with E-state index >= 15 is 0 Å². The predicted octanol–water partition coefficient (Wildman–Crippen LogP) is 1.99. The number of carbonyl (C=O) groups excluding carboxylic acids is 2. The molecule has 1 aromatic heterocycles. The number of amides is 2. The van der Waals surface area contributed by atoms with Gasteiger partial charge in [0, 0.05) is 19.3 Å². The van der Waals surface area contributed by atoms with Gasteiger partial charge in [-0.25, -0.2) is 4.39 Å². The van der Waals surface area contributed by atoms with Gasteiger partial charge in [-0.2, -0.15) is 0 Å². The fourth-order valence-electron chi connectivity index (χ4n) is 3.00. The van der Waals surface area contributed by atoms with Crippen molar-refractivity contribution in [3.63, 3.8) is 0 Å². The minimum absolute atomic E-state index is 0.0995. The topological polar surface area (TPSA) is 80.2 Å². The zero-order valence-corrected chi connectivity index (χ0v) is 15.3. The Hall–Kier alpha value is -2.96. The molecule has 0 bridgehead atoms. The van der Waals surface area contributed by atoms with Gasteiger partial charge >= 0.3 is 0 Å². The third-order valence-corrected chi connectivity index (χ3v) is 4.84. The van der Waals surface area contributed by atoms with E-state index in [9.17, 15) is 18.8 Å². The number of hydrogen-bond acceptors (Lipinski definition) is 3. The highest BCUT2D eigenvalue weighted by atomic mass is 19.1. The molecule has 0 saturated heterocycles. The average Bonchev–Trinajstić information content (AvgIpc) is 2.62. The van der Waals surface area contributed by atoms with E-state index in [2.05, 4.69) is 10.6 Å². The molecule has 0 radical (unpaired) electrons. The molecular formula is C20H22FN3O3. The molecule has 1 aliphatic rings. The van der Waals surface area contributed by atoms with Crippen molar-refractivity contribution >= 4 is 11.8 Å². The van der Waals surface area contributed by atoms with Crippen LogP contribution < -0.4 is 16.2 Å². The summed E-state index contributed by atoms with van der Waals surface area (Å²) in [4.78, 5) is 37.3. The molecule has 2 N–H and O–H groups in total. The molecule has 1 heterocycles. The van der Waals surface area contributed by atoms with Crippen LogP contribution in [0.2, 0.25) is 0 Å². The van der Waals surface area contributed by atoms with Crippen molar-refractivity contribution in [3.8, 4) is 0 Å². The van der Waals surface area contributed by atoms with Crippen LogP contribution in [0.25, 0.3) is 0 Å². The molecule has 1 saturated carbocycles. The van der Waals surface area contributed by atoms with Gasteiger partial charge < -0.3 is 15.2 Å². The number of rotatable bonds is 5. The summed E-state index contributed by atoms with van der Waals surface area (Å²) >= 11 is 0. The van der Waals surface area contributed by atoms with Crippen molar-refractivity contribution in [2.75, 3.05) is 7.05 Å². The van der Waals surface area contributed by atoms with Gasteiger partial charge in [-0.05, 0) is 49.4 Å². The van der Waals surface area contributed by atoms with Gasteiger partial charge in [0.15, 0.2) is 0 Å². The third kappa shape index (κ3) is 4.07. The van der Waals surface area contributed by atoms with E-state index in [1.807, 2.05) is 0 Å². The van der Waals surface area contributed by atoms with E-state index in [0.29, 0.717) is 11.1 Å². The van der Waals surface area contributed by atoms with E-state index in [-0.39, 0.29) is 35.4 Å². The number of pyridine rings is 1. The number of carbonyl (C=O) groups is 2. The Morgan fingerprint density at radius 1 is 1.22 bits per heavy atom. The van der Waals surface area contributed by atoms with Crippen LogP contribution in [0.3, 0.4) is 0 Å². The van der Waals surface area contributed by atoms with Crippen LogP contribution in [-0.4, -0.2) is 29.5 Å². The summed E-state index contributed by atoms with van der Waals surface area (Å²) in [5.74, 6) is -1.19. The Balaban J connectivity index is 1.98. The summed E-state index contributed by atoms with van der Waals surface area (Å²) in [5, 5.41) is 5.33. The quantitative estimate of drug-likeness (QED) is 0.844. The second-order valence-corrected chi connectivity index (χ2v) is 6.84.